The number of aromatic carboxylic acids is 1. The summed E-state index contributed by atoms with van der Waals surface area (Å²) < 4.78 is 5.35. The van der Waals surface area contributed by atoms with E-state index in [1.165, 1.54) is 0 Å². The Morgan fingerprint density at radius 3 is 2.75 bits per heavy atom. The molecule has 2 N–H and O–H groups in total. The summed E-state index contributed by atoms with van der Waals surface area (Å²) >= 11 is 0. The van der Waals surface area contributed by atoms with Gasteiger partial charge in [0.25, 0.3) is 5.56 Å². The van der Waals surface area contributed by atoms with E-state index in [1.54, 1.807) is 0 Å². The molecule has 88 valence electrons. The lowest BCUT2D eigenvalue weighted by Crippen LogP contribution is -2.22. The molecule has 0 aliphatic carbocycles. The van der Waals surface area contributed by atoms with E-state index in [0.717, 1.165) is 6.20 Å². The number of carboxylic acid groups (broad SMARTS) is 1. The van der Waals surface area contributed by atoms with E-state index in [2.05, 4.69) is 9.97 Å². The van der Waals surface area contributed by atoms with Gasteiger partial charge in [0, 0.05) is 12.8 Å². The maximum absolute atomic E-state index is 11.4. The third kappa shape index (κ3) is 2.66. The van der Waals surface area contributed by atoms with Crippen LogP contribution in [0, 0.1) is 0 Å². The molecule has 6 heteroatoms. The van der Waals surface area contributed by atoms with Crippen molar-refractivity contribution in [1.82, 2.24) is 9.97 Å². The number of aromatic nitrogens is 2. The molecule has 1 aromatic heterocycles. The summed E-state index contributed by atoms with van der Waals surface area (Å²) in [6.07, 6.45) is 1.40. The molecule has 0 fully saturated rings. The predicted octanol–water partition coefficient (Wildman–Crippen LogP) is 0.956. The highest BCUT2D eigenvalue weighted by Crippen LogP contribution is 2.15. The Labute approximate surface area is 92.3 Å². The number of hydrogen-bond donors (Lipinski definition) is 2. The van der Waals surface area contributed by atoms with Crippen LogP contribution in [0.25, 0.3) is 0 Å². The number of H-pyrrole nitrogens is 1. The van der Waals surface area contributed by atoms with Gasteiger partial charge >= 0.3 is 5.97 Å². The van der Waals surface area contributed by atoms with Crippen LogP contribution in [0.3, 0.4) is 0 Å². The lowest BCUT2D eigenvalue weighted by Gasteiger charge is -2.13. The number of rotatable bonds is 5. The lowest BCUT2D eigenvalue weighted by atomic mass is 10.2. The lowest BCUT2D eigenvalue weighted by molar-refractivity contribution is 0.0529. The fourth-order valence-corrected chi connectivity index (χ4v) is 1.32. The second-order valence-electron chi connectivity index (χ2n) is 3.17. The minimum absolute atomic E-state index is 0.305. The zero-order valence-corrected chi connectivity index (χ0v) is 9.19. The van der Waals surface area contributed by atoms with Crippen LogP contribution in [0.4, 0.5) is 0 Å². The van der Waals surface area contributed by atoms with Gasteiger partial charge < -0.3 is 14.8 Å². The van der Waals surface area contributed by atoms with E-state index in [-0.39, 0.29) is 11.7 Å². The maximum atomic E-state index is 11.4. The molecule has 0 amide bonds. The van der Waals surface area contributed by atoms with Gasteiger partial charge in [0.2, 0.25) is 0 Å². The van der Waals surface area contributed by atoms with Gasteiger partial charge in [-0.2, -0.15) is 0 Å². The number of carboxylic acids is 1. The van der Waals surface area contributed by atoms with Gasteiger partial charge in [0.05, 0.1) is 0 Å². The molecule has 0 aliphatic heterocycles. The summed E-state index contributed by atoms with van der Waals surface area (Å²) in [5.74, 6) is -0.927. The summed E-state index contributed by atoms with van der Waals surface area (Å²) in [7, 11) is 0. The molecule has 0 radical (unpaired) electrons. The van der Waals surface area contributed by atoms with Crippen LogP contribution in [0.1, 0.15) is 42.6 Å². The van der Waals surface area contributed by atoms with Gasteiger partial charge in [0.1, 0.15) is 17.5 Å². The van der Waals surface area contributed by atoms with E-state index < -0.39 is 11.5 Å². The van der Waals surface area contributed by atoms with E-state index in [0.29, 0.717) is 18.9 Å². The van der Waals surface area contributed by atoms with Crippen LogP contribution in [0.2, 0.25) is 0 Å². The topological polar surface area (TPSA) is 92.3 Å². The molecule has 0 saturated carbocycles. The molecule has 1 rings (SSSR count). The average molecular weight is 226 g/mol. The van der Waals surface area contributed by atoms with E-state index in [4.69, 9.17) is 9.84 Å². The highest BCUT2D eigenvalue weighted by Gasteiger charge is 2.15. The number of ether oxygens (including phenoxy) is 1. The van der Waals surface area contributed by atoms with Crippen LogP contribution in [0.15, 0.2) is 11.0 Å². The van der Waals surface area contributed by atoms with Crippen molar-refractivity contribution in [1.29, 1.82) is 0 Å². The largest absolute Gasteiger partial charge is 0.477 e. The second-order valence-corrected chi connectivity index (χ2v) is 3.17. The second kappa shape index (κ2) is 5.41. The predicted molar refractivity (Wildman–Crippen MR) is 56.5 cm³/mol. The van der Waals surface area contributed by atoms with E-state index in [1.807, 2.05) is 13.8 Å². The van der Waals surface area contributed by atoms with Gasteiger partial charge in [-0.25, -0.2) is 9.78 Å². The standard InChI is InChI=1S/C10H14N2O4/c1-3-7(16-4-2)8-11-5-6(10(14)15)9(13)12-8/h5,7H,3-4H2,1-2H3,(H,14,15)(H,11,12,13). The third-order valence-electron chi connectivity index (χ3n) is 2.09. The van der Waals surface area contributed by atoms with Crippen LogP contribution in [-0.4, -0.2) is 27.7 Å². The summed E-state index contributed by atoms with van der Waals surface area (Å²) in [6, 6.07) is 0. The Bertz CT molecular complexity index is 427. The van der Waals surface area contributed by atoms with Crippen molar-refractivity contribution in [2.24, 2.45) is 0 Å². The number of nitrogens with zero attached hydrogens (tertiary/aromatic N) is 1. The maximum Gasteiger partial charge on any atom is 0.342 e. The molecule has 0 bridgehead atoms. The first-order valence-electron chi connectivity index (χ1n) is 5.04. The highest BCUT2D eigenvalue weighted by atomic mass is 16.5. The first-order chi connectivity index (χ1) is 7.60. The molecular weight excluding hydrogens is 212 g/mol. The molecule has 1 aromatic rings. The first kappa shape index (κ1) is 12.4. The Kier molecular flexibility index (Phi) is 4.19. The van der Waals surface area contributed by atoms with Gasteiger partial charge in [0.15, 0.2) is 0 Å². The first-order valence-corrected chi connectivity index (χ1v) is 5.04. The molecular formula is C10H14N2O4. The van der Waals surface area contributed by atoms with Crippen LogP contribution in [-0.2, 0) is 4.74 Å². The zero-order valence-electron chi connectivity index (χ0n) is 9.19. The Balaban J connectivity index is 3.04. The normalized spacial score (nSPS) is 12.4. The Hall–Kier alpha value is -1.69. The SMILES string of the molecule is CCOC(CC)c1ncc(C(=O)O)c(=O)[nH]1. The molecule has 0 aromatic carbocycles. The summed E-state index contributed by atoms with van der Waals surface area (Å²) in [6.45, 7) is 4.24. The van der Waals surface area contributed by atoms with Gasteiger partial charge in [-0.1, -0.05) is 6.92 Å². The number of nitrogens with one attached hydrogen (secondary N) is 1. The number of aromatic amines is 1. The van der Waals surface area contributed by atoms with Crippen LogP contribution < -0.4 is 5.56 Å². The van der Waals surface area contributed by atoms with Gasteiger partial charge in [-0.15, -0.1) is 0 Å². The number of hydrogen-bond acceptors (Lipinski definition) is 4. The molecule has 0 spiro atoms. The van der Waals surface area contributed by atoms with Crippen molar-refractivity contribution in [3.63, 3.8) is 0 Å². The summed E-state index contributed by atoms with van der Waals surface area (Å²) in [4.78, 5) is 28.3. The highest BCUT2D eigenvalue weighted by molar-refractivity contribution is 5.86. The summed E-state index contributed by atoms with van der Waals surface area (Å²) in [5, 5.41) is 8.66. The molecule has 6 nitrogen and oxygen atoms in total. The van der Waals surface area contributed by atoms with Crippen LogP contribution in [0.5, 0.6) is 0 Å². The van der Waals surface area contributed by atoms with Crippen molar-refractivity contribution in [2.45, 2.75) is 26.4 Å². The fourth-order valence-electron chi connectivity index (χ4n) is 1.32. The van der Waals surface area contributed by atoms with Crippen molar-refractivity contribution in [3.05, 3.63) is 27.9 Å². The molecule has 1 atom stereocenters. The zero-order chi connectivity index (χ0) is 12.1. The van der Waals surface area contributed by atoms with Crippen molar-refractivity contribution in [2.75, 3.05) is 6.61 Å². The molecule has 0 aliphatic rings. The smallest absolute Gasteiger partial charge is 0.342 e. The Morgan fingerprint density at radius 1 is 1.62 bits per heavy atom. The monoisotopic (exact) mass is 226 g/mol. The molecule has 1 unspecified atom stereocenters. The minimum atomic E-state index is -1.29. The van der Waals surface area contributed by atoms with Crippen molar-refractivity contribution >= 4 is 5.97 Å². The minimum Gasteiger partial charge on any atom is -0.477 e. The van der Waals surface area contributed by atoms with Gasteiger partial charge in [-0.3, -0.25) is 4.79 Å². The third-order valence-corrected chi connectivity index (χ3v) is 2.09. The number of carbonyl (C=O) groups is 1. The van der Waals surface area contributed by atoms with Crippen LogP contribution >= 0.6 is 0 Å². The molecule has 0 saturated heterocycles. The molecule has 16 heavy (non-hydrogen) atoms. The molecule has 1 heterocycles. The summed E-state index contributed by atoms with van der Waals surface area (Å²) in [5.41, 5.74) is -1.02. The van der Waals surface area contributed by atoms with E-state index in [9.17, 15) is 9.59 Å². The van der Waals surface area contributed by atoms with E-state index >= 15 is 0 Å². The quantitative estimate of drug-likeness (QED) is 0.780. The average Bonchev–Trinajstić information content (AvgIpc) is 2.25. The van der Waals surface area contributed by atoms with Crippen molar-refractivity contribution < 1.29 is 14.6 Å². The fraction of sp³-hybridized carbons (Fsp3) is 0.500. The van der Waals surface area contributed by atoms with Crippen molar-refractivity contribution in [3.8, 4) is 0 Å². The van der Waals surface area contributed by atoms with Gasteiger partial charge in [-0.05, 0) is 13.3 Å². The Morgan fingerprint density at radius 2 is 2.31 bits per heavy atom.